The van der Waals surface area contributed by atoms with Crippen LogP contribution in [0.15, 0.2) is 18.2 Å². The molecule has 2 N–H and O–H groups in total. The van der Waals surface area contributed by atoms with E-state index in [2.05, 4.69) is 15.6 Å². The molecule has 5 nitrogen and oxygen atoms in total. The van der Waals surface area contributed by atoms with E-state index in [1.165, 1.54) is 0 Å². The third-order valence-electron chi connectivity index (χ3n) is 3.33. The van der Waals surface area contributed by atoms with Gasteiger partial charge in [-0.05, 0) is 31.0 Å². The predicted molar refractivity (Wildman–Crippen MR) is 81.9 cm³/mol. The smallest absolute Gasteiger partial charge is 0.217 e. The lowest BCUT2D eigenvalue weighted by atomic mass is 10.2. The van der Waals surface area contributed by atoms with E-state index in [1.54, 1.807) is 6.07 Å². The zero-order valence-electron chi connectivity index (χ0n) is 11.7. The summed E-state index contributed by atoms with van der Waals surface area (Å²) < 4.78 is 2.08. The maximum Gasteiger partial charge on any atom is 0.217 e. The van der Waals surface area contributed by atoms with Crippen molar-refractivity contribution in [2.24, 2.45) is 5.73 Å². The summed E-state index contributed by atoms with van der Waals surface area (Å²) in [5.74, 6) is 1.13. The van der Waals surface area contributed by atoms with Crippen molar-refractivity contribution in [3.63, 3.8) is 0 Å². The molecule has 0 aliphatic carbocycles. The second-order valence-electron chi connectivity index (χ2n) is 4.86. The van der Waals surface area contributed by atoms with E-state index >= 15 is 0 Å². The van der Waals surface area contributed by atoms with Gasteiger partial charge in [0.1, 0.15) is 5.82 Å². The lowest BCUT2D eigenvalue weighted by Crippen LogP contribution is -2.11. The second-order valence-corrected chi connectivity index (χ2v) is 5.24. The van der Waals surface area contributed by atoms with Gasteiger partial charge >= 0.3 is 0 Å². The average molecular weight is 305 g/mol. The van der Waals surface area contributed by atoms with E-state index < -0.39 is 0 Å². The quantitative estimate of drug-likeness (QED) is 0.629. The molecule has 0 fully saturated rings. The number of fused-ring (bicyclic) bond motifs is 1. The molecule has 0 aliphatic heterocycles. The van der Waals surface area contributed by atoms with Gasteiger partial charge in [0.15, 0.2) is 0 Å². The van der Waals surface area contributed by atoms with E-state index in [0.717, 1.165) is 36.2 Å². The summed E-state index contributed by atoms with van der Waals surface area (Å²) in [5, 5.41) is 9.02. The molecule has 1 heterocycles. The number of benzene rings is 1. The number of imidazole rings is 1. The Morgan fingerprint density at radius 3 is 2.90 bits per heavy atom. The first-order valence-electron chi connectivity index (χ1n) is 6.89. The summed E-state index contributed by atoms with van der Waals surface area (Å²) in [4.78, 5) is 15.3. The molecule has 0 bridgehead atoms. The van der Waals surface area contributed by atoms with Gasteiger partial charge in [-0.15, -0.1) is 11.6 Å². The minimum Gasteiger partial charge on any atom is -0.370 e. The molecule has 1 aromatic heterocycles. The molecule has 1 amide bonds. The lowest BCUT2D eigenvalue weighted by Gasteiger charge is -2.08. The van der Waals surface area contributed by atoms with Crippen molar-refractivity contribution in [3.8, 4) is 6.07 Å². The van der Waals surface area contributed by atoms with Gasteiger partial charge in [0.05, 0.1) is 22.7 Å². The van der Waals surface area contributed by atoms with Crippen molar-refractivity contribution in [1.82, 2.24) is 9.55 Å². The monoisotopic (exact) mass is 304 g/mol. The van der Waals surface area contributed by atoms with Crippen LogP contribution in [0.1, 0.15) is 30.7 Å². The molecule has 0 aliphatic rings. The summed E-state index contributed by atoms with van der Waals surface area (Å²) in [5.41, 5.74) is 7.56. The Labute approximate surface area is 128 Å². The maximum absolute atomic E-state index is 10.8. The SMILES string of the molecule is N#Cc1ccc2nc(CCCl)n(CCCCC(N)=O)c2c1. The molecule has 0 unspecified atom stereocenters. The van der Waals surface area contributed by atoms with Gasteiger partial charge in [-0.2, -0.15) is 5.26 Å². The topological polar surface area (TPSA) is 84.7 Å². The molecule has 21 heavy (non-hydrogen) atoms. The van der Waals surface area contributed by atoms with Crippen LogP contribution in [0.25, 0.3) is 11.0 Å². The molecule has 0 spiro atoms. The number of carbonyl (C=O) groups excluding carboxylic acids is 1. The summed E-state index contributed by atoms with van der Waals surface area (Å²) >= 11 is 5.83. The van der Waals surface area contributed by atoms with Crippen LogP contribution < -0.4 is 5.73 Å². The summed E-state index contributed by atoms with van der Waals surface area (Å²) in [7, 11) is 0. The number of hydrogen-bond acceptors (Lipinski definition) is 3. The summed E-state index contributed by atoms with van der Waals surface area (Å²) in [6.07, 6.45) is 2.64. The van der Waals surface area contributed by atoms with Crippen LogP contribution in [-0.2, 0) is 17.8 Å². The van der Waals surface area contributed by atoms with E-state index in [9.17, 15) is 4.79 Å². The molecule has 2 rings (SSSR count). The van der Waals surface area contributed by atoms with Gasteiger partial charge in [0.2, 0.25) is 5.91 Å². The van der Waals surface area contributed by atoms with Crippen molar-refractivity contribution >= 4 is 28.5 Å². The van der Waals surface area contributed by atoms with Gasteiger partial charge < -0.3 is 10.3 Å². The van der Waals surface area contributed by atoms with Crippen LogP contribution in [0, 0.1) is 11.3 Å². The Morgan fingerprint density at radius 1 is 1.43 bits per heavy atom. The largest absolute Gasteiger partial charge is 0.370 e. The highest BCUT2D eigenvalue weighted by molar-refractivity contribution is 6.17. The van der Waals surface area contributed by atoms with Crippen LogP contribution in [0.5, 0.6) is 0 Å². The normalized spacial score (nSPS) is 10.7. The Morgan fingerprint density at radius 2 is 2.24 bits per heavy atom. The van der Waals surface area contributed by atoms with E-state index in [4.69, 9.17) is 22.6 Å². The van der Waals surface area contributed by atoms with E-state index in [-0.39, 0.29) is 5.91 Å². The van der Waals surface area contributed by atoms with Gasteiger partial charge in [-0.1, -0.05) is 0 Å². The van der Waals surface area contributed by atoms with Crippen molar-refractivity contribution in [3.05, 3.63) is 29.6 Å². The standard InChI is InChI=1S/C15H17ClN4O/c16-7-6-15-19-12-5-4-11(10-17)9-13(12)20(15)8-2-1-3-14(18)21/h4-5,9H,1-3,6-8H2,(H2,18,21). The van der Waals surface area contributed by atoms with E-state index in [1.807, 2.05) is 12.1 Å². The van der Waals surface area contributed by atoms with Crippen molar-refractivity contribution in [2.75, 3.05) is 5.88 Å². The Balaban J connectivity index is 2.26. The first kappa shape index (κ1) is 15.3. The number of unbranched alkanes of at least 4 members (excludes halogenated alkanes) is 1. The highest BCUT2D eigenvalue weighted by Crippen LogP contribution is 2.19. The minimum atomic E-state index is -0.279. The molecule has 0 radical (unpaired) electrons. The zero-order valence-corrected chi connectivity index (χ0v) is 12.4. The zero-order chi connectivity index (χ0) is 15.2. The van der Waals surface area contributed by atoms with Crippen LogP contribution >= 0.6 is 11.6 Å². The fourth-order valence-corrected chi connectivity index (χ4v) is 2.51. The molecular weight excluding hydrogens is 288 g/mol. The number of nitrogens with zero attached hydrogens (tertiary/aromatic N) is 3. The fraction of sp³-hybridized carbons (Fsp3) is 0.400. The molecule has 0 saturated heterocycles. The molecule has 1 aromatic carbocycles. The third-order valence-corrected chi connectivity index (χ3v) is 3.52. The Hall–Kier alpha value is -2.06. The number of aromatic nitrogens is 2. The molecule has 0 saturated carbocycles. The highest BCUT2D eigenvalue weighted by Gasteiger charge is 2.11. The number of amides is 1. The molecule has 2 aromatic rings. The van der Waals surface area contributed by atoms with Crippen LogP contribution in [0.4, 0.5) is 0 Å². The average Bonchev–Trinajstić information content (AvgIpc) is 2.80. The van der Waals surface area contributed by atoms with Gasteiger partial charge in [0.25, 0.3) is 0 Å². The third kappa shape index (κ3) is 3.73. The highest BCUT2D eigenvalue weighted by atomic mass is 35.5. The summed E-state index contributed by atoms with van der Waals surface area (Å²) in [6, 6.07) is 7.60. The van der Waals surface area contributed by atoms with Gasteiger partial charge in [-0.25, -0.2) is 4.98 Å². The molecule has 6 heteroatoms. The molecule has 0 atom stereocenters. The van der Waals surface area contributed by atoms with Gasteiger partial charge in [-0.3, -0.25) is 4.79 Å². The number of hydrogen-bond donors (Lipinski definition) is 1. The number of halogens is 1. The second kappa shape index (κ2) is 7.09. The van der Waals surface area contributed by atoms with E-state index in [0.29, 0.717) is 24.3 Å². The predicted octanol–water partition coefficient (Wildman–Crippen LogP) is 2.34. The summed E-state index contributed by atoms with van der Waals surface area (Å²) in [6.45, 7) is 0.741. The number of nitrogens with two attached hydrogens (primary N) is 1. The van der Waals surface area contributed by atoms with Crippen LogP contribution in [0.3, 0.4) is 0 Å². The van der Waals surface area contributed by atoms with Crippen molar-refractivity contribution < 1.29 is 4.79 Å². The molecular formula is C15H17ClN4O. The maximum atomic E-state index is 10.8. The first-order chi connectivity index (χ1) is 10.2. The van der Waals surface area contributed by atoms with Crippen molar-refractivity contribution in [2.45, 2.75) is 32.2 Å². The number of rotatable bonds is 7. The van der Waals surface area contributed by atoms with Crippen molar-refractivity contribution in [1.29, 1.82) is 5.26 Å². The van der Waals surface area contributed by atoms with Gasteiger partial charge in [0, 0.05) is 25.3 Å². The number of carbonyl (C=O) groups is 1. The molecule has 110 valence electrons. The fourth-order valence-electron chi connectivity index (χ4n) is 2.34. The number of alkyl halides is 1. The number of nitriles is 1. The Kier molecular flexibility index (Phi) is 5.18. The van der Waals surface area contributed by atoms with Crippen LogP contribution in [-0.4, -0.2) is 21.3 Å². The van der Waals surface area contributed by atoms with Crippen LogP contribution in [0.2, 0.25) is 0 Å². The minimum absolute atomic E-state index is 0.279. The first-order valence-corrected chi connectivity index (χ1v) is 7.42. The Bertz CT molecular complexity index is 687. The number of primary amides is 1. The lowest BCUT2D eigenvalue weighted by molar-refractivity contribution is -0.118. The number of aryl methyl sites for hydroxylation is 2.